The lowest BCUT2D eigenvalue weighted by Gasteiger charge is -2.31. The van der Waals surface area contributed by atoms with Crippen molar-refractivity contribution < 1.29 is 0 Å². The first-order valence-corrected chi connectivity index (χ1v) is 7.17. The van der Waals surface area contributed by atoms with Gasteiger partial charge in [0.25, 0.3) is 0 Å². The summed E-state index contributed by atoms with van der Waals surface area (Å²) < 4.78 is 0. The third-order valence-electron chi connectivity index (χ3n) is 4.27. The second-order valence-corrected chi connectivity index (χ2v) is 5.69. The van der Waals surface area contributed by atoms with E-state index >= 15 is 0 Å². The second-order valence-electron chi connectivity index (χ2n) is 5.69. The van der Waals surface area contributed by atoms with Gasteiger partial charge < -0.3 is 9.80 Å². The maximum absolute atomic E-state index is 4.78. The Hall–Kier alpha value is -1.42. The number of allylic oxidation sites excluding steroid dienone is 1. The lowest BCUT2D eigenvalue weighted by molar-refractivity contribution is 0.309. The van der Waals surface area contributed by atoms with Gasteiger partial charge in [-0.25, -0.2) is 9.97 Å². The Kier molecular flexibility index (Phi) is 3.51. The van der Waals surface area contributed by atoms with Crippen LogP contribution in [-0.4, -0.2) is 41.5 Å². The van der Waals surface area contributed by atoms with Gasteiger partial charge in [-0.05, 0) is 25.8 Å². The number of hydrogen-bond donors (Lipinski definition) is 0. The third-order valence-corrected chi connectivity index (χ3v) is 4.27. The van der Waals surface area contributed by atoms with Crippen molar-refractivity contribution in [2.75, 3.05) is 31.6 Å². The van der Waals surface area contributed by atoms with E-state index in [-0.39, 0.29) is 0 Å². The zero-order valence-corrected chi connectivity index (χ0v) is 11.7. The van der Waals surface area contributed by atoms with Crippen molar-refractivity contribution in [1.82, 2.24) is 14.9 Å². The Morgan fingerprint density at radius 1 is 1.32 bits per heavy atom. The smallest absolute Gasteiger partial charge is 0.225 e. The highest BCUT2D eigenvalue weighted by atomic mass is 15.3. The summed E-state index contributed by atoms with van der Waals surface area (Å²) in [5.41, 5.74) is 2.53. The first kappa shape index (κ1) is 12.6. The number of hydrogen-bond acceptors (Lipinski definition) is 4. The molecule has 3 rings (SSSR count). The summed E-state index contributed by atoms with van der Waals surface area (Å²) in [5.74, 6) is 1.59. The summed E-state index contributed by atoms with van der Waals surface area (Å²) in [5, 5.41) is 0. The Bertz CT molecular complexity index is 463. The highest BCUT2D eigenvalue weighted by molar-refractivity contribution is 5.34. The van der Waals surface area contributed by atoms with Gasteiger partial charge in [0.1, 0.15) is 0 Å². The maximum Gasteiger partial charge on any atom is 0.225 e. The van der Waals surface area contributed by atoms with Gasteiger partial charge in [0.2, 0.25) is 5.95 Å². The van der Waals surface area contributed by atoms with E-state index in [1.807, 2.05) is 6.20 Å². The van der Waals surface area contributed by atoms with Crippen molar-refractivity contribution in [3.8, 4) is 0 Å². The quantitative estimate of drug-likeness (QED) is 0.758. The van der Waals surface area contributed by atoms with Crippen LogP contribution in [0.4, 0.5) is 5.95 Å². The largest absolute Gasteiger partial charge is 0.341 e. The normalized spacial score (nSPS) is 21.2. The number of likely N-dealkylation sites (N-methyl/N-ethyl adjacent to an activating group) is 1. The van der Waals surface area contributed by atoms with Gasteiger partial charge in [0.05, 0.1) is 5.69 Å². The Labute approximate surface area is 115 Å². The van der Waals surface area contributed by atoms with Crippen LogP contribution in [-0.2, 0) is 13.0 Å². The van der Waals surface area contributed by atoms with Gasteiger partial charge >= 0.3 is 0 Å². The molecular formula is C15H22N4. The predicted octanol–water partition coefficient (Wildman–Crippen LogP) is 1.87. The molecule has 1 aromatic rings. The number of anilines is 1. The lowest BCUT2D eigenvalue weighted by Crippen LogP contribution is -2.35. The van der Waals surface area contributed by atoms with E-state index in [0.29, 0.717) is 5.92 Å². The molecule has 2 aliphatic heterocycles. The molecule has 2 aliphatic rings. The van der Waals surface area contributed by atoms with Gasteiger partial charge in [0, 0.05) is 44.4 Å². The molecule has 4 heteroatoms. The van der Waals surface area contributed by atoms with Crippen LogP contribution in [0.5, 0.6) is 0 Å². The van der Waals surface area contributed by atoms with E-state index < -0.39 is 0 Å². The van der Waals surface area contributed by atoms with Crippen molar-refractivity contribution in [1.29, 1.82) is 0 Å². The van der Waals surface area contributed by atoms with Crippen molar-refractivity contribution in [3.63, 3.8) is 0 Å². The fraction of sp³-hybridized carbons (Fsp3) is 0.600. The molecule has 102 valence electrons. The van der Waals surface area contributed by atoms with Crippen LogP contribution in [0.15, 0.2) is 18.9 Å². The molecule has 0 unspecified atom stereocenters. The van der Waals surface area contributed by atoms with Crippen LogP contribution in [0.1, 0.15) is 24.1 Å². The highest BCUT2D eigenvalue weighted by Crippen LogP contribution is 2.23. The molecular weight excluding hydrogens is 236 g/mol. The topological polar surface area (TPSA) is 32.3 Å². The zero-order valence-electron chi connectivity index (χ0n) is 11.7. The second kappa shape index (κ2) is 5.29. The van der Waals surface area contributed by atoms with Gasteiger partial charge in [0.15, 0.2) is 0 Å². The maximum atomic E-state index is 4.78. The molecule has 1 saturated heterocycles. The standard InChI is InChI=1S/C15H22N4/c1-3-12-4-8-19(9-5-12)15-16-10-13-11-18(2)7-6-14(13)17-15/h3,10,12H,1,4-9,11H2,2H3. The Morgan fingerprint density at radius 3 is 2.84 bits per heavy atom. The van der Waals surface area contributed by atoms with E-state index in [1.165, 1.54) is 24.1 Å². The number of fused-ring (bicyclic) bond motifs is 1. The van der Waals surface area contributed by atoms with Gasteiger partial charge in [-0.3, -0.25) is 0 Å². The molecule has 0 saturated carbocycles. The Morgan fingerprint density at radius 2 is 2.11 bits per heavy atom. The minimum absolute atomic E-state index is 0.669. The van der Waals surface area contributed by atoms with Crippen LogP contribution < -0.4 is 4.90 Å². The molecule has 1 aromatic heterocycles. The van der Waals surface area contributed by atoms with Crippen LogP contribution in [0, 0.1) is 5.92 Å². The summed E-state index contributed by atoms with van der Waals surface area (Å²) in [6, 6.07) is 0. The number of rotatable bonds is 2. The van der Waals surface area contributed by atoms with Gasteiger partial charge in [-0.1, -0.05) is 6.08 Å². The van der Waals surface area contributed by atoms with Crippen molar-refractivity contribution >= 4 is 5.95 Å². The monoisotopic (exact) mass is 258 g/mol. The molecule has 0 atom stereocenters. The molecule has 0 aromatic carbocycles. The molecule has 3 heterocycles. The van der Waals surface area contributed by atoms with Crippen molar-refractivity contribution in [2.45, 2.75) is 25.8 Å². The van der Waals surface area contributed by atoms with E-state index in [0.717, 1.165) is 38.5 Å². The highest BCUT2D eigenvalue weighted by Gasteiger charge is 2.21. The molecule has 0 radical (unpaired) electrons. The molecule has 19 heavy (non-hydrogen) atoms. The van der Waals surface area contributed by atoms with Crippen LogP contribution in [0.25, 0.3) is 0 Å². The van der Waals surface area contributed by atoms with Crippen molar-refractivity contribution in [3.05, 3.63) is 30.1 Å². The molecule has 1 fully saturated rings. The van der Waals surface area contributed by atoms with Crippen LogP contribution >= 0.6 is 0 Å². The zero-order chi connectivity index (χ0) is 13.2. The molecule has 0 aliphatic carbocycles. The molecule has 0 N–H and O–H groups in total. The summed E-state index contributed by atoms with van der Waals surface area (Å²) in [4.78, 5) is 14.0. The lowest BCUT2D eigenvalue weighted by atomic mass is 9.97. The number of aromatic nitrogens is 2. The number of nitrogens with zero attached hydrogens (tertiary/aromatic N) is 4. The van der Waals surface area contributed by atoms with E-state index in [9.17, 15) is 0 Å². The first-order chi connectivity index (χ1) is 9.26. The fourth-order valence-electron chi connectivity index (χ4n) is 2.93. The van der Waals surface area contributed by atoms with E-state index in [2.05, 4.69) is 34.5 Å². The van der Waals surface area contributed by atoms with Gasteiger partial charge in [-0.2, -0.15) is 0 Å². The minimum Gasteiger partial charge on any atom is -0.341 e. The number of piperidine rings is 1. The van der Waals surface area contributed by atoms with Crippen molar-refractivity contribution in [2.24, 2.45) is 5.92 Å². The first-order valence-electron chi connectivity index (χ1n) is 7.17. The summed E-state index contributed by atoms with van der Waals surface area (Å²) in [6.07, 6.45) is 7.50. The summed E-state index contributed by atoms with van der Waals surface area (Å²) in [7, 11) is 2.15. The molecule has 0 bridgehead atoms. The molecule has 4 nitrogen and oxygen atoms in total. The van der Waals surface area contributed by atoms with E-state index in [4.69, 9.17) is 4.98 Å². The summed E-state index contributed by atoms with van der Waals surface area (Å²) in [6.45, 7) is 8.07. The SMILES string of the molecule is C=CC1CCN(c2ncc3c(n2)CCN(C)C3)CC1. The van der Waals surface area contributed by atoms with Crippen LogP contribution in [0.2, 0.25) is 0 Å². The molecule has 0 spiro atoms. The predicted molar refractivity (Wildman–Crippen MR) is 77.2 cm³/mol. The Balaban J connectivity index is 1.74. The minimum atomic E-state index is 0.669. The average Bonchev–Trinajstić information content (AvgIpc) is 2.47. The molecule has 0 amide bonds. The summed E-state index contributed by atoms with van der Waals surface area (Å²) >= 11 is 0. The third kappa shape index (κ3) is 2.63. The van der Waals surface area contributed by atoms with Gasteiger partial charge in [-0.15, -0.1) is 6.58 Å². The van der Waals surface area contributed by atoms with E-state index in [1.54, 1.807) is 0 Å². The van der Waals surface area contributed by atoms with Crippen LogP contribution in [0.3, 0.4) is 0 Å². The fourth-order valence-corrected chi connectivity index (χ4v) is 2.93. The average molecular weight is 258 g/mol.